The molecule has 0 radical (unpaired) electrons. The molecule has 3 heterocycles. The van der Waals surface area contributed by atoms with Gasteiger partial charge in [-0.3, -0.25) is 0 Å². The van der Waals surface area contributed by atoms with Crippen LogP contribution in [0.2, 0.25) is 0 Å². The fraction of sp³-hybridized carbons (Fsp3) is 0.545. The minimum atomic E-state index is 0.177. The lowest BCUT2D eigenvalue weighted by Crippen LogP contribution is -2.16. The van der Waals surface area contributed by atoms with E-state index in [2.05, 4.69) is 27.4 Å². The van der Waals surface area contributed by atoms with Gasteiger partial charge in [-0.1, -0.05) is 12.1 Å². The summed E-state index contributed by atoms with van der Waals surface area (Å²) in [6.45, 7) is 3.20. The minimum absolute atomic E-state index is 0.177. The van der Waals surface area contributed by atoms with E-state index in [0.29, 0.717) is 17.6 Å². The molecule has 2 unspecified atom stereocenters. The van der Waals surface area contributed by atoms with E-state index in [0.717, 1.165) is 18.8 Å². The van der Waals surface area contributed by atoms with Crippen LogP contribution in [0.5, 0.6) is 0 Å². The lowest BCUT2D eigenvalue weighted by atomic mass is 10.0. The Balaban J connectivity index is 1.90. The van der Waals surface area contributed by atoms with E-state index < -0.39 is 0 Å². The third kappa shape index (κ3) is 1.74. The molecule has 1 saturated heterocycles. The topological polar surface area (TPSA) is 68.8 Å². The van der Waals surface area contributed by atoms with Gasteiger partial charge in [0, 0.05) is 19.4 Å². The van der Waals surface area contributed by atoms with Gasteiger partial charge in [0.25, 0.3) is 0 Å². The molecule has 0 aliphatic carbocycles. The summed E-state index contributed by atoms with van der Waals surface area (Å²) in [6.07, 6.45) is 4.73. The summed E-state index contributed by atoms with van der Waals surface area (Å²) in [6, 6.07) is 0.177. The zero-order valence-electron chi connectivity index (χ0n) is 9.92. The van der Waals surface area contributed by atoms with E-state index in [1.165, 1.54) is 0 Å². The average Bonchev–Trinajstić information content (AvgIpc) is 2.97. The average molecular weight is 233 g/mol. The Bertz CT molecular complexity index is 517. The summed E-state index contributed by atoms with van der Waals surface area (Å²) in [4.78, 5) is 8.62. The molecule has 17 heavy (non-hydrogen) atoms. The summed E-state index contributed by atoms with van der Waals surface area (Å²) in [7, 11) is 1.91. The maximum Gasteiger partial charge on any atom is 0.244 e. The van der Waals surface area contributed by atoms with E-state index in [1.54, 1.807) is 6.20 Å². The second-order valence-corrected chi connectivity index (χ2v) is 4.52. The number of nitrogens with zero attached hydrogens (tertiary/aromatic N) is 4. The first-order chi connectivity index (χ1) is 8.25. The SMILES string of the molecule is CC1CCNC1c1nc(-c2nccn2C)no1. The van der Waals surface area contributed by atoms with Gasteiger partial charge in [-0.25, -0.2) is 4.98 Å². The van der Waals surface area contributed by atoms with Crippen LogP contribution in [0.25, 0.3) is 11.6 Å². The van der Waals surface area contributed by atoms with Gasteiger partial charge in [0.05, 0.1) is 6.04 Å². The van der Waals surface area contributed by atoms with E-state index in [9.17, 15) is 0 Å². The van der Waals surface area contributed by atoms with Crippen LogP contribution < -0.4 is 5.32 Å². The van der Waals surface area contributed by atoms with Crippen LogP contribution in [0.4, 0.5) is 0 Å². The van der Waals surface area contributed by atoms with E-state index in [4.69, 9.17) is 4.52 Å². The molecule has 1 N–H and O–H groups in total. The van der Waals surface area contributed by atoms with Crippen LogP contribution in [-0.2, 0) is 7.05 Å². The third-order valence-corrected chi connectivity index (χ3v) is 3.26. The van der Waals surface area contributed by atoms with Crippen molar-refractivity contribution in [1.82, 2.24) is 25.0 Å². The lowest BCUT2D eigenvalue weighted by Gasteiger charge is -2.09. The third-order valence-electron chi connectivity index (χ3n) is 3.26. The molecular weight excluding hydrogens is 218 g/mol. The largest absolute Gasteiger partial charge is 0.337 e. The first-order valence-corrected chi connectivity index (χ1v) is 5.80. The molecule has 1 aliphatic heterocycles. The van der Waals surface area contributed by atoms with Crippen molar-refractivity contribution < 1.29 is 4.52 Å². The van der Waals surface area contributed by atoms with Gasteiger partial charge in [-0.2, -0.15) is 4.98 Å². The van der Waals surface area contributed by atoms with Gasteiger partial charge in [0.1, 0.15) is 0 Å². The summed E-state index contributed by atoms with van der Waals surface area (Å²) >= 11 is 0. The predicted molar refractivity (Wildman–Crippen MR) is 61.0 cm³/mol. The molecule has 3 rings (SSSR count). The molecule has 6 nitrogen and oxygen atoms in total. The highest BCUT2D eigenvalue weighted by Gasteiger charge is 2.29. The Hall–Kier alpha value is -1.69. The van der Waals surface area contributed by atoms with Gasteiger partial charge in [0.15, 0.2) is 5.82 Å². The first-order valence-electron chi connectivity index (χ1n) is 5.80. The normalized spacial score (nSPS) is 24.4. The van der Waals surface area contributed by atoms with Crippen LogP contribution in [-0.4, -0.2) is 26.2 Å². The molecule has 0 saturated carbocycles. The van der Waals surface area contributed by atoms with Gasteiger partial charge in [0.2, 0.25) is 11.7 Å². The summed E-state index contributed by atoms with van der Waals surface area (Å²) in [5.41, 5.74) is 0. The van der Waals surface area contributed by atoms with Crippen LogP contribution in [0, 0.1) is 5.92 Å². The zero-order valence-corrected chi connectivity index (χ0v) is 9.92. The summed E-state index contributed by atoms with van der Waals surface area (Å²) in [5, 5.41) is 7.36. The number of hydrogen-bond acceptors (Lipinski definition) is 5. The fourth-order valence-electron chi connectivity index (χ4n) is 2.20. The fourth-order valence-corrected chi connectivity index (χ4v) is 2.20. The molecular formula is C11H15N5O. The molecule has 2 atom stereocenters. The highest BCUT2D eigenvalue weighted by atomic mass is 16.5. The summed E-state index contributed by atoms with van der Waals surface area (Å²) < 4.78 is 7.20. The zero-order chi connectivity index (χ0) is 11.8. The van der Waals surface area contributed by atoms with E-state index in [-0.39, 0.29) is 6.04 Å². The second kappa shape index (κ2) is 3.96. The van der Waals surface area contributed by atoms with Crippen molar-refractivity contribution in [3.63, 3.8) is 0 Å². The molecule has 2 aromatic heterocycles. The Morgan fingerprint density at radius 3 is 3.06 bits per heavy atom. The Morgan fingerprint density at radius 1 is 1.53 bits per heavy atom. The number of aromatic nitrogens is 4. The number of aryl methyl sites for hydroxylation is 1. The van der Waals surface area contributed by atoms with Crippen molar-refractivity contribution in [3.05, 3.63) is 18.3 Å². The van der Waals surface area contributed by atoms with Crippen LogP contribution >= 0.6 is 0 Å². The number of hydrogen-bond donors (Lipinski definition) is 1. The van der Waals surface area contributed by atoms with Crippen molar-refractivity contribution in [3.8, 4) is 11.6 Å². The van der Waals surface area contributed by atoms with Crippen molar-refractivity contribution in [2.75, 3.05) is 6.54 Å². The van der Waals surface area contributed by atoms with E-state index >= 15 is 0 Å². The van der Waals surface area contributed by atoms with Gasteiger partial charge >= 0.3 is 0 Å². The Labute approximate surface area is 99.0 Å². The molecule has 0 bridgehead atoms. The maximum absolute atomic E-state index is 5.32. The van der Waals surface area contributed by atoms with Crippen LogP contribution in [0.3, 0.4) is 0 Å². The molecule has 1 aliphatic rings. The molecule has 2 aromatic rings. The highest BCUT2D eigenvalue weighted by Crippen LogP contribution is 2.28. The van der Waals surface area contributed by atoms with Crippen LogP contribution in [0.15, 0.2) is 16.9 Å². The standard InChI is InChI=1S/C11H15N5O/c1-7-3-4-12-8(7)11-14-9(15-17-11)10-13-5-6-16(10)2/h5-8,12H,3-4H2,1-2H3. The highest BCUT2D eigenvalue weighted by molar-refractivity contribution is 5.42. The summed E-state index contributed by atoms with van der Waals surface area (Å²) in [5.74, 6) is 2.47. The predicted octanol–water partition coefficient (Wildman–Crippen LogP) is 1.14. The number of nitrogens with one attached hydrogen (secondary N) is 1. The van der Waals surface area contributed by atoms with Gasteiger partial charge in [-0.05, 0) is 18.9 Å². The monoisotopic (exact) mass is 233 g/mol. The van der Waals surface area contributed by atoms with Crippen molar-refractivity contribution in [1.29, 1.82) is 0 Å². The van der Waals surface area contributed by atoms with Gasteiger partial charge < -0.3 is 14.4 Å². The Kier molecular flexibility index (Phi) is 2.44. The van der Waals surface area contributed by atoms with Crippen LogP contribution in [0.1, 0.15) is 25.3 Å². The van der Waals surface area contributed by atoms with Crippen molar-refractivity contribution >= 4 is 0 Å². The molecule has 6 heteroatoms. The molecule has 0 aromatic carbocycles. The quantitative estimate of drug-likeness (QED) is 0.842. The minimum Gasteiger partial charge on any atom is -0.337 e. The first kappa shape index (κ1) is 10.5. The maximum atomic E-state index is 5.32. The number of rotatable bonds is 2. The molecule has 90 valence electrons. The van der Waals surface area contributed by atoms with Crippen molar-refractivity contribution in [2.24, 2.45) is 13.0 Å². The second-order valence-electron chi connectivity index (χ2n) is 4.52. The Morgan fingerprint density at radius 2 is 2.41 bits per heavy atom. The number of imidazole rings is 1. The van der Waals surface area contributed by atoms with Crippen molar-refractivity contribution in [2.45, 2.75) is 19.4 Å². The van der Waals surface area contributed by atoms with Gasteiger partial charge in [-0.15, -0.1) is 0 Å². The lowest BCUT2D eigenvalue weighted by molar-refractivity contribution is 0.319. The molecule has 0 amide bonds. The van der Waals surface area contributed by atoms with E-state index in [1.807, 2.05) is 17.8 Å². The molecule has 0 spiro atoms. The molecule has 1 fully saturated rings. The smallest absolute Gasteiger partial charge is 0.244 e.